The van der Waals surface area contributed by atoms with Crippen LogP contribution in [0.1, 0.15) is 0 Å². The zero-order valence-corrected chi connectivity index (χ0v) is 12.8. The van der Waals surface area contributed by atoms with Gasteiger partial charge >= 0.3 is 0 Å². The number of nitrogens with two attached hydrogens (primary N) is 1. The molecule has 1 saturated heterocycles. The molecule has 2 N–H and O–H groups in total. The summed E-state index contributed by atoms with van der Waals surface area (Å²) in [5, 5.41) is 0.935. The van der Waals surface area contributed by atoms with E-state index >= 15 is 0 Å². The molecule has 0 bridgehead atoms. The summed E-state index contributed by atoms with van der Waals surface area (Å²) in [6.07, 6.45) is 0. The van der Waals surface area contributed by atoms with Crippen molar-refractivity contribution in [2.24, 2.45) is 5.73 Å². The lowest BCUT2D eigenvalue weighted by Crippen LogP contribution is -3.00. The number of likely N-dealkylation sites (N-methyl/N-ethyl adjacent to an activating group) is 1. The van der Waals surface area contributed by atoms with Crippen LogP contribution in [0.3, 0.4) is 0 Å². The lowest BCUT2D eigenvalue weighted by molar-refractivity contribution is -0.922. The fourth-order valence-corrected chi connectivity index (χ4v) is 2.71. The molecule has 6 heteroatoms. The summed E-state index contributed by atoms with van der Waals surface area (Å²) in [6.45, 7) is 5.66. The maximum absolute atomic E-state index is 11.0. The van der Waals surface area contributed by atoms with Gasteiger partial charge in [-0.3, -0.25) is 9.69 Å². The summed E-state index contributed by atoms with van der Waals surface area (Å²) in [5.41, 5.74) is 5.29. The van der Waals surface area contributed by atoms with Gasteiger partial charge in [0.2, 0.25) is 0 Å². The van der Waals surface area contributed by atoms with Crippen LogP contribution >= 0.6 is 15.9 Å². The van der Waals surface area contributed by atoms with Gasteiger partial charge in [-0.25, -0.2) is 0 Å². The monoisotopic (exact) mass is 391 g/mol. The second-order valence-corrected chi connectivity index (χ2v) is 4.92. The van der Waals surface area contributed by atoms with Gasteiger partial charge in [0.15, 0.2) is 6.54 Å². The summed E-state index contributed by atoms with van der Waals surface area (Å²) in [4.78, 5) is 13.3. The van der Waals surface area contributed by atoms with E-state index in [-0.39, 0.29) is 29.9 Å². The average Bonchev–Trinajstić information content (AvgIpc) is 2.10. The Labute approximate surface area is 117 Å². The molecule has 0 unspecified atom stereocenters. The number of amides is 1. The second-order valence-electron chi connectivity index (χ2n) is 4.13. The molecule has 0 radical (unpaired) electrons. The predicted molar refractivity (Wildman–Crippen MR) is 60.2 cm³/mol. The lowest BCUT2D eigenvalue weighted by atomic mass is 10.2. The van der Waals surface area contributed by atoms with Gasteiger partial charge in [-0.2, -0.15) is 0 Å². The number of halogens is 2. The van der Waals surface area contributed by atoms with Gasteiger partial charge in [-0.15, -0.1) is 0 Å². The predicted octanol–water partition coefficient (Wildman–Crippen LogP) is -3.37. The Morgan fingerprint density at radius 2 is 2.00 bits per heavy atom. The van der Waals surface area contributed by atoms with Crippen molar-refractivity contribution >= 4 is 21.8 Å². The number of quaternary nitrogens is 1. The Morgan fingerprint density at radius 3 is 2.40 bits per heavy atom. The van der Waals surface area contributed by atoms with Crippen molar-refractivity contribution in [3.63, 3.8) is 0 Å². The highest BCUT2D eigenvalue weighted by molar-refractivity contribution is 9.09. The van der Waals surface area contributed by atoms with Crippen molar-refractivity contribution in [2.45, 2.75) is 0 Å². The fourth-order valence-electron chi connectivity index (χ4n) is 1.96. The molecule has 1 amide bonds. The normalized spacial score (nSPS) is 20.7. The summed E-state index contributed by atoms with van der Waals surface area (Å²) in [6, 6.07) is 0. The van der Waals surface area contributed by atoms with Crippen LogP contribution in [0, 0.1) is 0 Å². The van der Waals surface area contributed by atoms with E-state index in [1.54, 1.807) is 0 Å². The minimum atomic E-state index is -0.185. The number of carbonyl (C=O) groups is 1. The molecule has 1 fully saturated rings. The minimum absolute atomic E-state index is 0. The van der Waals surface area contributed by atoms with Gasteiger partial charge in [0.1, 0.15) is 0 Å². The summed E-state index contributed by atoms with van der Waals surface area (Å²) in [5.74, 6) is -0.185. The molecule has 0 aliphatic carbocycles. The van der Waals surface area contributed by atoms with Crippen molar-refractivity contribution in [1.82, 2.24) is 4.90 Å². The number of hydrogen-bond donors (Lipinski definition) is 1. The van der Waals surface area contributed by atoms with Crippen LogP contribution in [0.15, 0.2) is 0 Å². The van der Waals surface area contributed by atoms with Gasteiger partial charge in [-0.05, 0) is 7.05 Å². The van der Waals surface area contributed by atoms with E-state index in [0.29, 0.717) is 6.54 Å². The topological polar surface area (TPSA) is 46.3 Å². The van der Waals surface area contributed by atoms with E-state index in [4.69, 9.17) is 5.73 Å². The van der Waals surface area contributed by atoms with E-state index in [9.17, 15) is 4.79 Å². The van der Waals surface area contributed by atoms with Crippen LogP contribution in [0.25, 0.3) is 0 Å². The first kappa shape index (κ1) is 15.6. The molecule has 0 atom stereocenters. The van der Waals surface area contributed by atoms with Gasteiger partial charge < -0.3 is 34.2 Å². The van der Waals surface area contributed by atoms with E-state index in [0.717, 1.165) is 42.5 Å². The molecule has 90 valence electrons. The highest BCUT2D eigenvalue weighted by Gasteiger charge is 2.32. The van der Waals surface area contributed by atoms with Crippen molar-refractivity contribution in [3.05, 3.63) is 0 Å². The maximum Gasteiger partial charge on any atom is 0.272 e. The van der Waals surface area contributed by atoms with Crippen LogP contribution in [-0.4, -0.2) is 66.9 Å². The van der Waals surface area contributed by atoms with Crippen molar-refractivity contribution < 1.29 is 33.3 Å². The number of hydrogen-bond acceptors (Lipinski definition) is 2. The molecule has 4 nitrogen and oxygen atoms in total. The first-order valence-corrected chi connectivity index (χ1v) is 6.08. The van der Waals surface area contributed by atoms with E-state index < -0.39 is 0 Å². The van der Waals surface area contributed by atoms with Gasteiger partial charge in [-0.1, -0.05) is 15.9 Å². The third-order valence-corrected chi connectivity index (χ3v) is 3.32. The van der Waals surface area contributed by atoms with Crippen LogP contribution in [0.5, 0.6) is 0 Å². The third-order valence-electron chi connectivity index (χ3n) is 2.96. The highest BCUT2D eigenvalue weighted by atomic mass is 127. The molecular formula is C9H19BrIN3O. The smallest absolute Gasteiger partial charge is 0.272 e. The first-order valence-electron chi connectivity index (χ1n) is 4.96. The minimum Gasteiger partial charge on any atom is -1.00 e. The Bertz CT molecular complexity index is 208. The van der Waals surface area contributed by atoms with Gasteiger partial charge in [0.25, 0.3) is 5.91 Å². The largest absolute Gasteiger partial charge is 1.00 e. The van der Waals surface area contributed by atoms with Crippen LogP contribution in [0.2, 0.25) is 0 Å². The lowest BCUT2D eigenvalue weighted by Gasteiger charge is -2.43. The van der Waals surface area contributed by atoms with Crippen LogP contribution < -0.4 is 29.7 Å². The zero-order chi connectivity index (χ0) is 10.6. The molecule has 0 saturated carbocycles. The Kier molecular flexibility index (Phi) is 7.31. The molecule has 1 rings (SSSR count). The molecule has 0 aromatic rings. The van der Waals surface area contributed by atoms with E-state index in [1.807, 2.05) is 0 Å². The van der Waals surface area contributed by atoms with Gasteiger partial charge in [0, 0.05) is 13.1 Å². The number of alkyl halides is 1. The number of rotatable bonds is 4. The van der Waals surface area contributed by atoms with Crippen LogP contribution in [-0.2, 0) is 4.79 Å². The summed E-state index contributed by atoms with van der Waals surface area (Å²) < 4.78 is 0.852. The average molecular weight is 392 g/mol. The van der Waals surface area contributed by atoms with Gasteiger partial charge in [0.05, 0.1) is 25.0 Å². The Balaban J connectivity index is 0.00000196. The number of piperazine rings is 1. The van der Waals surface area contributed by atoms with Crippen molar-refractivity contribution in [1.29, 1.82) is 0 Å². The second kappa shape index (κ2) is 7.03. The quantitative estimate of drug-likeness (QED) is 0.309. The van der Waals surface area contributed by atoms with E-state index in [2.05, 4.69) is 27.9 Å². The number of nitrogens with zero attached hydrogens (tertiary/aromatic N) is 2. The molecule has 1 heterocycles. The maximum atomic E-state index is 11.0. The molecule has 1 aliphatic heterocycles. The Morgan fingerprint density at radius 1 is 1.47 bits per heavy atom. The zero-order valence-electron chi connectivity index (χ0n) is 9.09. The Hall–Kier alpha value is 0.600. The standard InChI is InChI=1S/C9H18BrN3O.HI/c1-12-3-6-13(5-2-10,7-4-12)8-9(11)14;/h2-8H2,1H3,(H-,11,14);1H. The van der Waals surface area contributed by atoms with Crippen LogP contribution in [0.4, 0.5) is 0 Å². The van der Waals surface area contributed by atoms with Crippen molar-refractivity contribution in [3.8, 4) is 0 Å². The highest BCUT2D eigenvalue weighted by Crippen LogP contribution is 2.12. The summed E-state index contributed by atoms with van der Waals surface area (Å²) in [7, 11) is 2.12. The molecule has 1 aliphatic rings. The SMILES string of the molecule is CN1CC[N+](CCBr)(CC(N)=O)CC1.[I-]. The molecule has 0 aromatic carbocycles. The first-order chi connectivity index (χ1) is 6.58. The molecule has 15 heavy (non-hydrogen) atoms. The summed E-state index contributed by atoms with van der Waals surface area (Å²) >= 11 is 3.44. The molecule has 0 spiro atoms. The fraction of sp³-hybridized carbons (Fsp3) is 0.889. The number of carbonyl (C=O) groups excluding carboxylic acids is 1. The third kappa shape index (κ3) is 4.97. The van der Waals surface area contributed by atoms with E-state index in [1.165, 1.54) is 0 Å². The molecular weight excluding hydrogens is 373 g/mol. The van der Waals surface area contributed by atoms with Crippen molar-refractivity contribution in [2.75, 3.05) is 51.6 Å². The molecule has 0 aromatic heterocycles. The number of primary amides is 1.